The molecule has 0 atom stereocenters. The zero-order valence-corrected chi connectivity index (χ0v) is 14.9. The van der Waals surface area contributed by atoms with Crippen molar-refractivity contribution in [2.45, 2.75) is 52.3 Å². The topological polar surface area (TPSA) is 0 Å². The molecular weight excluding hydrogens is 363 g/mol. The van der Waals surface area contributed by atoms with Crippen molar-refractivity contribution in [1.82, 2.24) is 0 Å². The van der Waals surface area contributed by atoms with E-state index in [9.17, 15) is 0 Å². The van der Waals surface area contributed by atoms with E-state index in [1.165, 1.54) is 31.2 Å². The molecule has 1 rings (SSSR count). The molecule has 0 aliphatic carbocycles. The fraction of sp³-hybridized carbons (Fsp3) is 0.571. The van der Waals surface area contributed by atoms with Gasteiger partial charge in [-0.3, -0.25) is 0 Å². The zero-order chi connectivity index (χ0) is 13.3. The van der Waals surface area contributed by atoms with Crippen LogP contribution in [0.15, 0.2) is 8.95 Å². The second kappa shape index (κ2) is 6.08. The lowest BCUT2D eigenvalue weighted by Gasteiger charge is -2.23. The SMILES string of the molecule is Cc1c(Br)c(C(C)C)c(CCl)c(C(C)C)c1Br. The number of halogens is 3. The molecule has 0 heterocycles. The molecule has 96 valence electrons. The van der Waals surface area contributed by atoms with Crippen LogP contribution in [0, 0.1) is 6.92 Å². The van der Waals surface area contributed by atoms with Crippen molar-refractivity contribution in [3.05, 3.63) is 31.2 Å². The molecule has 0 aliphatic rings. The minimum Gasteiger partial charge on any atom is -0.122 e. The van der Waals surface area contributed by atoms with Gasteiger partial charge >= 0.3 is 0 Å². The van der Waals surface area contributed by atoms with E-state index < -0.39 is 0 Å². The molecule has 3 heteroatoms. The summed E-state index contributed by atoms with van der Waals surface area (Å²) in [6.45, 7) is 11.0. The van der Waals surface area contributed by atoms with Crippen LogP contribution in [0.4, 0.5) is 0 Å². The Bertz CT molecular complexity index is 388. The molecule has 1 aromatic carbocycles. The third-order valence-electron chi connectivity index (χ3n) is 3.07. The van der Waals surface area contributed by atoms with E-state index in [4.69, 9.17) is 11.6 Å². The van der Waals surface area contributed by atoms with Gasteiger partial charge in [0, 0.05) is 14.8 Å². The molecule has 0 unspecified atom stereocenters. The van der Waals surface area contributed by atoms with E-state index in [0.717, 1.165) is 0 Å². The van der Waals surface area contributed by atoms with Gasteiger partial charge in [-0.05, 0) is 41.0 Å². The van der Waals surface area contributed by atoms with Crippen LogP contribution in [0.25, 0.3) is 0 Å². The first kappa shape index (κ1) is 15.5. The molecular formula is C14H19Br2Cl. The first-order chi connectivity index (χ1) is 7.82. The number of hydrogen-bond acceptors (Lipinski definition) is 0. The van der Waals surface area contributed by atoms with Crippen molar-refractivity contribution in [1.29, 1.82) is 0 Å². The van der Waals surface area contributed by atoms with Gasteiger partial charge in [-0.2, -0.15) is 0 Å². The van der Waals surface area contributed by atoms with E-state index >= 15 is 0 Å². The lowest BCUT2D eigenvalue weighted by molar-refractivity contribution is 0.801. The van der Waals surface area contributed by atoms with Crippen LogP contribution in [0.3, 0.4) is 0 Å². The zero-order valence-electron chi connectivity index (χ0n) is 11.0. The first-order valence-electron chi connectivity index (χ1n) is 5.89. The summed E-state index contributed by atoms with van der Waals surface area (Å²) in [6.07, 6.45) is 0. The molecule has 0 N–H and O–H groups in total. The van der Waals surface area contributed by atoms with Crippen molar-refractivity contribution in [2.75, 3.05) is 0 Å². The molecule has 0 saturated heterocycles. The van der Waals surface area contributed by atoms with E-state index in [0.29, 0.717) is 17.7 Å². The second-order valence-corrected chi connectivity index (χ2v) is 6.86. The molecule has 0 fully saturated rings. The van der Waals surface area contributed by atoms with Crippen molar-refractivity contribution in [3.8, 4) is 0 Å². The highest BCUT2D eigenvalue weighted by Gasteiger charge is 2.21. The van der Waals surface area contributed by atoms with Crippen LogP contribution in [-0.2, 0) is 5.88 Å². The maximum atomic E-state index is 6.18. The van der Waals surface area contributed by atoms with Gasteiger partial charge in [0.2, 0.25) is 0 Å². The summed E-state index contributed by atoms with van der Waals surface area (Å²) < 4.78 is 2.39. The van der Waals surface area contributed by atoms with Gasteiger partial charge in [-0.15, -0.1) is 11.6 Å². The number of hydrogen-bond donors (Lipinski definition) is 0. The maximum absolute atomic E-state index is 6.18. The molecule has 0 radical (unpaired) electrons. The average molecular weight is 383 g/mol. The minimum absolute atomic E-state index is 0.474. The predicted molar refractivity (Wildman–Crippen MR) is 84.3 cm³/mol. The van der Waals surface area contributed by atoms with Crippen LogP contribution < -0.4 is 0 Å². The van der Waals surface area contributed by atoms with Crippen molar-refractivity contribution in [3.63, 3.8) is 0 Å². The summed E-state index contributed by atoms with van der Waals surface area (Å²) in [6, 6.07) is 0. The third-order valence-corrected chi connectivity index (χ3v) is 5.38. The Kier molecular flexibility index (Phi) is 5.55. The largest absolute Gasteiger partial charge is 0.122 e. The molecule has 17 heavy (non-hydrogen) atoms. The summed E-state index contributed by atoms with van der Waals surface area (Å²) in [4.78, 5) is 0. The van der Waals surface area contributed by atoms with Crippen LogP contribution in [0.5, 0.6) is 0 Å². The van der Waals surface area contributed by atoms with Gasteiger partial charge in [-0.25, -0.2) is 0 Å². The van der Waals surface area contributed by atoms with E-state index in [1.54, 1.807) is 0 Å². The van der Waals surface area contributed by atoms with Crippen LogP contribution in [0.2, 0.25) is 0 Å². The molecule has 1 aromatic rings. The summed E-state index contributed by atoms with van der Waals surface area (Å²) in [7, 11) is 0. The minimum atomic E-state index is 0.474. The fourth-order valence-electron chi connectivity index (χ4n) is 2.26. The second-order valence-electron chi connectivity index (χ2n) is 5.00. The Labute approximate surface area is 126 Å². The Morgan fingerprint density at radius 2 is 1.29 bits per heavy atom. The lowest BCUT2D eigenvalue weighted by atomic mass is 9.87. The van der Waals surface area contributed by atoms with Crippen molar-refractivity contribution >= 4 is 43.5 Å². The summed E-state index contributed by atoms with van der Waals surface area (Å²) in [5, 5.41) is 0. The van der Waals surface area contributed by atoms with E-state index in [2.05, 4.69) is 66.5 Å². The first-order valence-corrected chi connectivity index (χ1v) is 8.01. The highest BCUT2D eigenvalue weighted by molar-refractivity contribution is 9.11. The smallest absolute Gasteiger partial charge is 0.0480 e. The molecule has 0 aliphatic heterocycles. The number of rotatable bonds is 3. The van der Waals surface area contributed by atoms with Crippen LogP contribution in [0.1, 0.15) is 61.8 Å². The normalized spacial score (nSPS) is 11.6. The Hall–Kier alpha value is 0.470. The molecule has 0 nitrogen and oxygen atoms in total. The highest BCUT2D eigenvalue weighted by atomic mass is 79.9. The summed E-state index contributed by atoms with van der Waals surface area (Å²) in [5.74, 6) is 1.52. The van der Waals surface area contributed by atoms with Gasteiger partial charge in [0.15, 0.2) is 0 Å². The van der Waals surface area contributed by atoms with Gasteiger partial charge in [-0.1, -0.05) is 59.6 Å². The maximum Gasteiger partial charge on any atom is 0.0480 e. The van der Waals surface area contributed by atoms with E-state index in [-0.39, 0.29) is 0 Å². The van der Waals surface area contributed by atoms with Crippen LogP contribution in [-0.4, -0.2) is 0 Å². The van der Waals surface area contributed by atoms with Gasteiger partial charge in [0.05, 0.1) is 0 Å². The van der Waals surface area contributed by atoms with E-state index in [1.807, 2.05) is 0 Å². The Balaban J connectivity index is 3.72. The Morgan fingerprint density at radius 1 is 0.941 bits per heavy atom. The lowest BCUT2D eigenvalue weighted by Crippen LogP contribution is -2.06. The third kappa shape index (κ3) is 2.90. The Morgan fingerprint density at radius 3 is 1.53 bits per heavy atom. The van der Waals surface area contributed by atoms with Crippen molar-refractivity contribution < 1.29 is 0 Å². The number of alkyl halides is 1. The molecule has 0 spiro atoms. The number of benzene rings is 1. The summed E-state index contributed by atoms with van der Waals surface area (Å²) >= 11 is 13.6. The highest BCUT2D eigenvalue weighted by Crippen LogP contribution is 2.42. The fourth-order valence-corrected chi connectivity index (χ4v) is 4.60. The van der Waals surface area contributed by atoms with Crippen LogP contribution >= 0.6 is 43.5 Å². The van der Waals surface area contributed by atoms with Gasteiger partial charge < -0.3 is 0 Å². The monoisotopic (exact) mass is 380 g/mol. The quantitative estimate of drug-likeness (QED) is 0.523. The van der Waals surface area contributed by atoms with Crippen molar-refractivity contribution in [2.24, 2.45) is 0 Å². The molecule has 0 aromatic heterocycles. The molecule has 0 saturated carbocycles. The standard InChI is InChI=1S/C14H19Br2Cl/c1-7(2)11-10(6-17)12(8(3)4)14(16)9(5)13(11)15/h7-8H,6H2,1-5H3. The average Bonchev–Trinajstić information content (AvgIpc) is 2.23. The summed E-state index contributed by atoms with van der Waals surface area (Å²) in [5.41, 5.74) is 5.25. The van der Waals surface area contributed by atoms with Gasteiger partial charge in [0.1, 0.15) is 0 Å². The molecule has 0 amide bonds. The predicted octanol–water partition coefficient (Wildman–Crippen LogP) is 6.51. The molecule has 0 bridgehead atoms. The van der Waals surface area contributed by atoms with Gasteiger partial charge in [0.25, 0.3) is 0 Å².